The van der Waals surface area contributed by atoms with Gasteiger partial charge in [0.25, 0.3) is 0 Å². The maximum atomic E-state index is 10.4. The zero-order valence-corrected chi connectivity index (χ0v) is 9.65. The van der Waals surface area contributed by atoms with Gasteiger partial charge in [-0.05, 0) is 36.4 Å². The van der Waals surface area contributed by atoms with E-state index in [1.165, 1.54) is 0 Å². The highest BCUT2D eigenvalue weighted by Gasteiger charge is 2.11. The molecular weight excluding hydrogens is 283 g/mol. The van der Waals surface area contributed by atoms with Gasteiger partial charge in [0.1, 0.15) is 0 Å². The van der Waals surface area contributed by atoms with Gasteiger partial charge in [0, 0.05) is 6.20 Å². The molecule has 1 heterocycles. The minimum atomic E-state index is -0.796. The summed E-state index contributed by atoms with van der Waals surface area (Å²) in [5.41, 5.74) is 0.942. The van der Waals surface area contributed by atoms with Gasteiger partial charge < -0.3 is 5.11 Å². The molecule has 1 N–H and O–H groups in total. The van der Waals surface area contributed by atoms with E-state index >= 15 is 0 Å². The lowest BCUT2D eigenvalue weighted by Crippen LogP contribution is -2.10. The Morgan fingerprint density at radius 3 is 2.85 bits per heavy atom. The molecule has 4 nitrogen and oxygen atoms in total. The van der Waals surface area contributed by atoms with Crippen molar-refractivity contribution in [3.05, 3.63) is 15.5 Å². The quantitative estimate of drug-likeness (QED) is 0.865. The topological polar surface area (TPSA) is 55.1 Å². The van der Waals surface area contributed by atoms with Crippen LogP contribution in [-0.4, -0.2) is 20.9 Å². The van der Waals surface area contributed by atoms with Crippen LogP contribution in [0.3, 0.4) is 0 Å². The summed E-state index contributed by atoms with van der Waals surface area (Å²) in [6.45, 7) is 3.75. The number of carboxylic acids is 1. The average molecular weight is 294 g/mol. The highest BCUT2D eigenvalue weighted by molar-refractivity contribution is 14.1. The number of nitrogens with zero attached hydrogens (tertiary/aromatic N) is 2. The van der Waals surface area contributed by atoms with Crippen LogP contribution in [0, 0.1) is 10.5 Å². The molecule has 0 spiro atoms. The number of halogens is 1. The molecule has 13 heavy (non-hydrogen) atoms. The second kappa shape index (κ2) is 4.08. The summed E-state index contributed by atoms with van der Waals surface area (Å²) in [6, 6.07) is -0.0836. The van der Waals surface area contributed by atoms with Crippen LogP contribution in [0.1, 0.15) is 25.1 Å². The average Bonchev–Trinajstić information content (AvgIpc) is 2.31. The molecule has 1 aromatic rings. The zero-order valence-electron chi connectivity index (χ0n) is 7.49. The van der Waals surface area contributed by atoms with Gasteiger partial charge in [0.05, 0.1) is 21.7 Å². The van der Waals surface area contributed by atoms with Gasteiger partial charge in [-0.15, -0.1) is 0 Å². The number of aliphatic carboxylic acids is 1. The first-order chi connectivity index (χ1) is 6.00. The largest absolute Gasteiger partial charge is 0.481 e. The van der Waals surface area contributed by atoms with Crippen molar-refractivity contribution < 1.29 is 9.90 Å². The molecule has 1 aromatic heterocycles. The monoisotopic (exact) mass is 294 g/mol. The maximum Gasteiger partial charge on any atom is 0.305 e. The van der Waals surface area contributed by atoms with E-state index in [2.05, 4.69) is 27.7 Å². The minimum Gasteiger partial charge on any atom is -0.481 e. The summed E-state index contributed by atoms with van der Waals surface area (Å²) in [5, 5.41) is 12.8. The molecule has 0 aliphatic carbocycles. The minimum absolute atomic E-state index is 0.0836. The lowest BCUT2D eigenvalue weighted by Gasteiger charge is -2.08. The lowest BCUT2D eigenvalue weighted by molar-refractivity contribution is -0.137. The van der Waals surface area contributed by atoms with E-state index in [-0.39, 0.29) is 12.5 Å². The van der Waals surface area contributed by atoms with E-state index in [1.54, 1.807) is 4.68 Å². The fourth-order valence-corrected chi connectivity index (χ4v) is 1.42. The zero-order chi connectivity index (χ0) is 10.0. The Balaban J connectivity index is 2.77. The number of hydrogen-bond acceptors (Lipinski definition) is 2. The SMILES string of the molecule is Cc1nn(C(C)CC(=O)O)cc1I. The fraction of sp³-hybridized carbons (Fsp3) is 0.500. The van der Waals surface area contributed by atoms with Gasteiger partial charge in [0.15, 0.2) is 0 Å². The molecule has 1 rings (SSSR count). The molecule has 1 atom stereocenters. The van der Waals surface area contributed by atoms with Gasteiger partial charge >= 0.3 is 5.97 Å². The predicted octanol–water partition coefficient (Wildman–Crippen LogP) is 1.83. The van der Waals surface area contributed by atoms with Crippen LogP contribution in [0.5, 0.6) is 0 Å². The molecule has 0 aromatic carbocycles. The summed E-state index contributed by atoms with van der Waals surface area (Å²) in [7, 11) is 0. The van der Waals surface area contributed by atoms with Crippen LogP contribution in [0.2, 0.25) is 0 Å². The number of aryl methyl sites for hydroxylation is 1. The fourth-order valence-electron chi connectivity index (χ4n) is 1.03. The standard InChI is InChI=1S/C8H11IN2O2/c1-5(3-8(12)13)11-4-7(9)6(2)10-11/h4-5H,3H2,1-2H3,(H,12,13). The van der Waals surface area contributed by atoms with Gasteiger partial charge in [-0.25, -0.2) is 0 Å². The highest BCUT2D eigenvalue weighted by atomic mass is 127. The molecule has 0 saturated carbocycles. The number of rotatable bonds is 3. The van der Waals surface area contributed by atoms with Crippen LogP contribution in [-0.2, 0) is 4.79 Å². The normalized spacial score (nSPS) is 12.8. The van der Waals surface area contributed by atoms with Crippen molar-refractivity contribution in [2.24, 2.45) is 0 Å². The third kappa shape index (κ3) is 2.68. The smallest absolute Gasteiger partial charge is 0.305 e. The number of carboxylic acid groups (broad SMARTS) is 1. The first-order valence-corrected chi connectivity index (χ1v) is 5.01. The summed E-state index contributed by atoms with van der Waals surface area (Å²) >= 11 is 2.18. The van der Waals surface area contributed by atoms with Crippen LogP contribution in [0.15, 0.2) is 6.20 Å². The van der Waals surface area contributed by atoms with E-state index in [0.717, 1.165) is 9.26 Å². The third-order valence-electron chi connectivity index (χ3n) is 1.78. The van der Waals surface area contributed by atoms with Crippen molar-refractivity contribution in [3.8, 4) is 0 Å². The van der Waals surface area contributed by atoms with Crippen molar-refractivity contribution in [1.29, 1.82) is 0 Å². The molecule has 0 saturated heterocycles. The Morgan fingerprint density at radius 2 is 2.46 bits per heavy atom. The second-order valence-electron chi connectivity index (χ2n) is 2.99. The summed E-state index contributed by atoms with van der Waals surface area (Å²) in [6.07, 6.45) is 1.97. The third-order valence-corrected chi connectivity index (χ3v) is 2.84. The first-order valence-electron chi connectivity index (χ1n) is 3.93. The van der Waals surface area contributed by atoms with Gasteiger partial charge in [-0.3, -0.25) is 9.48 Å². The molecule has 0 aliphatic heterocycles. The molecule has 0 amide bonds. The molecule has 0 radical (unpaired) electrons. The van der Waals surface area contributed by atoms with Crippen molar-refractivity contribution >= 4 is 28.6 Å². The summed E-state index contributed by atoms with van der Waals surface area (Å²) in [4.78, 5) is 10.4. The first kappa shape index (κ1) is 10.5. The molecular formula is C8H11IN2O2. The van der Waals surface area contributed by atoms with Crippen LogP contribution in [0.4, 0.5) is 0 Å². The van der Waals surface area contributed by atoms with Crippen LogP contribution < -0.4 is 0 Å². The van der Waals surface area contributed by atoms with Crippen molar-refractivity contribution in [2.75, 3.05) is 0 Å². The molecule has 0 fully saturated rings. The van der Waals surface area contributed by atoms with Crippen LogP contribution >= 0.6 is 22.6 Å². The lowest BCUT2D eigenvalue weighted by atomic mass is 10.2. The van der Waals surface area contributed by atoms with Gasteiger partial charge in [-0.2, -0.15) is 5.10 Å². The van der Waals surface area contributed by atoms with Crippen LogP contribution in [0.25, 0.3) is 0 Å². The Kier molecular flexibility index (Phi) is 3.29. The van der Waals surface area contributed by atoms with Crippen molar-refractivity contribution in [1.82, 2.24) is 9.78 Å². The molecule has 0 bridgehead atoms. The number of hydrogen-bond donors (Lipinski definition) is 1. The van der Waals surface area contributed by atoms with E-state index in [0.29, 0.717) is 0 Å². The number of carbonyl (C=O) groups is 1. The Hall–Kier alpha value is -0.590. The van der Waals surface area contributed by atoms with Crippen molar-refractivity contribution in [3.63, 3.8) is 0 Å². The van der Waals surface area contributed by atoms with E-state index in [1.807, 2.05) is 20.0 Å². The molecule has 1 unspecified atom stereocenters. The maximum absolute atomic E-state index is 10.4. The Bertz CT molecular complexity index is 302. The predicted molar refractivity (Wildman–Crippen MR) is 56.6 cm³/mol. The number of aromatic nitrogens is 2. The van der Waals surface area contributed by atoms with Crippen molar-refractivity contribution in [2.45, 2.75) is 26.3 Å². The summed E-state index contributed by atoms with van der Waals surface area (Å²) < 4.78 is 2.76. The molecule has 72 valence electrons. The van der Waals surface area contributed by atoms with Gasteiger partial charge in [-0.1, -0.05) is 0 Å². The molecule has 5 heteroatoms. The van der Waals surface area contributed by atoms with E-state index < -0.39 is 5.97 Å². The Labute approximate surface area is 90.1 Å². The second-order valence-corrected chi connectivity index (χ2v) is 4.15. The van der Waals surface area contributed by atoms with E-state index in [4.69, 9.17) is 5.11 Å². The summed E-state index contributed by atoms with van der Waals surface area (Å²) in [5.74, 6) is -0.796. The Morgan fingerprint density at radius 1 is 1.85 bits per heavy atom. The van der Waals surface area contributed by atoms with Gasteiger partial charge in [0.2, 0.25) is 0 Å². The molecule has 0 aliphatic rings. The van der Waals surface area contributed by atoms with E-state index in [9.17, 15) is 4.79 Å². The highest BCUT2D eigenvalue weighted by Crippen LogP contribution is 2.14.